The van der Waals surface area contributed by atoms with E-state index in [0.717, 1.165) is 6.08 Å². The Bertz CT molecular complexity index is 172. The van der Waals surface area contributed by atoms with E-state index >= 15 is 0 Å². The van der Waals surface area contributed by atoms with Gasteiger partial charge in [0, 0.05) is 5.75 Å². The molecule has 5 N–H and O–H groups in total. The van der Waals surface area contributed by atoms with E-state index in [1.807, 2.05) is 0 Å². The molecule has 1 atom stereocenters. The minimum Gasteiger partial charge on any atom is -0.480 e. The van der Waals surface area contributed by atoms with E-state index in [1.165, 1.54) is 0 Å². The molecule has 0 aliphatic heterocycles. The second kappa shape index (κ2) is 8.09. The molecule has 0 saturated heterocycles. The maximum Gasteiger partial charge on any atom is 0.321 e. The maximum atomic E-state index is 9.76. The van der Waals surface area contributed by atoms with E-state index in [-0.39, 0.29) is 5.75 Å². The molecule has 0 heterocycles. The summed E-state index contributed by atoms with van der Waals surface area (Å²) in [5.74, 6) is -1.30. The van der Waals surface area contributed by atoms with Gasteiger partial charge >= 0.3 is 5.97 Å². The molecule has 0 aromatic rings. The first kappa shape index (κ1) is 13.6. The topological polar surface area (TPSA) is 106 Å². The Labute approximate surface area is 75.8 Å². The summed E-state index contributed by atoms with van der Waals surface area (Å²) in [7, 11) is 0. The maximum absolute atomic E-state index is 9.76. The van der Waals surface area contributed by atoms with Crippen LogP contribution in [0, 0.1) is 0 Å². The fraction of sp³-hybridized carbons (Fsp3) is 0.333. The van der Waals surface area contributed by atoms with Crippen molar-refractivity contribution in [1.29, 1.82) is 0 Å². The molecule has 0 aromatic carbocycles. The van der Waals surface area contributed by atoms with Crippen molar-refractivity contribution in [3.63, 3.8) is 0 Å². The molecular weight excluding hydrogens is 180 g/mol. The zero-order valence-electron chi connectivity index (χ0n) is 6.43. The standard InChI is InChI=1S/C3H7NO2S.C3H5NO/c4-2(1-7)3(5)6;1-2-3(4)5/h2,7H,1,4H2,(H,5,6);2H,1H2,(H2,4,5). The van der Waals surface area contributed by atoms with Gasteiger partial charge in [0.15, 0.2) is 0 Å². The summed E-state index contributed by atoms with van der Waals surface area (Å²) in [4.78, 5) is 19.2. The number of hydrogen-bond donors (Lipinski definition) is 4. The SMILES string of the molecule is C=CC(N)=O.NC(CS)C(=O)O. The van der Waals surface area contributed by atoms with Gasteiger partial charge in [0.25, 0.3) is 0 Å². The molecule has 5 nitrogen and oxygen atoms in total. The molecule has 0 saturated carbocycles. The monoisotopic (exact) mass is 192 g/mol. The molecule has 0 spiro atoms. The lowest BCUT2D eigenvalue weighted by Crippen LogP contribution is -2.31. The van der Waals surface area contributed by atoms with Crippen molar-refractivity contribution in [1.82, 2.24) is 0 Å². The van der Waals surface area contributed by atoms with Crippen molar-refractivity contribution in [3.05, 3.63) is 12.7 Å². The van der Waals surface area contributed by atoms with Gasteiger partial charge in [-0.1, -0.05) is 6.58 Å². The minimum absolute atomic E-state index is 0.190. The van der Waals surface area contributed by atoms with Gasteiger partial charge in [0.2, 0.25) is 5.91 Å². The van der Waals surface area contributed by atoms with Crippen molar-refractivity contribution < 1.29 is 14.7 Å². The third-order valence-electron chi connectivity index (χ3n) is 0.715. The second-order valence-electron chi connectivity index (χ2n) is 1.73. The molecule has 0 radical (unpaired) electrons. The highest BCUT2D eigenvalue weighted by Crippen LogP contribution is 1.80. The molecule has 0 rings (SSSR count). The average molecular weight is 192 g/mol. The van der Waals surface area contributed by atoms with Crippen molar-refractivity contribution in [2.24, 2.45) is 11.5 Å². The number of aliphatic carboxylic acids is 1. The molecule has 0 aliphatic rings. The van der Waals surface area contributed by atoms with Gasteiger partial charge in [-0.25, -0.2) is 0 Å². The Hall–Kier alpha value is -1.01. The number of rotatable bonds is 3. The lowest BCUT2D eigenvalue weighted by molar-refractivity contribution is -0.137. The Morgan fingerprint density at radius 1 is 1.67 bits per heavy atom. The average Bonchev–Trinajstić information content (AvgIpc) is 2.04. The number of nitrogens with two attached hydrogens (primary N) is 2. The number of carboxylic acids is 1. The number of carbonyl (C=O) groups is 2. The van der Waals surface area contributed by atoms with Crippen molar-refractivity contribution in [3.8, 4) is 0 Å². The molecule has 1 amide bonds. The van der Waals surface area contributed by atoms with Crippen molar-refractivity contribution in [2.45, 2.75) is 6.04 Å². The van der Waals surface area contributed by atoms with Crippen LogP contribution < -0.4 is 11.5 Å². The van der Waals surface area contributed by atoms with Crippen LogP contribution in [0.2, 0.25) is 0 Å². The van der Waals surface area contributed by atoms with Crippen LogP contribution >= 0.6 is 12.6 Å². The summed E-state index contributed by atoms with van der Waals surface area (Å²) >= 11 is 3.65. The fourth-order valence-corrected chi connectivity index (χ4v) is 0.234. The van der Waals surface area contributed by atoms with E-state index in [4.69, 9.17) is 10.8 Å². The number of primary amides is 1. The zero-order valence-corrected chi connectivity index (χ0v) is 7.33. The lowest BCUT2D eigenvalue weighted by Gasteiger charge is -1.96. The largest absolute Gasteiger partial charge is 0.480 e. The molecule has 0 bridgehead atoms. The van der Waals surface area contributed by atoms with Gasteiger partial charge < -0.3 is 16.6 Å². The summed E-state index contributed by atoms with van der Waals surface area (Å²) in [5, 5.41) is 8.01. The van der Waals surface area contributed by atoms with Crippen LogP contribution in [0.1, 0.15) is 0 Å². The van der Waals surface area contributed by atoms with Crippen LogP contribution in [0.4, 0.5) is 0 Å². The van der Waals surface area contributed by atoms with Crippen LogP contribution in [0.3, 0.4) is 0 Å². The van der Waals surface area contributed by atoms with Crippen LogP contribution in [-0.4, -0.2) is 28.8 Å². The van der Waals surface area contributed by atoms with Gasteiger partial charge in [-0.15, -0.1) is 0 Å². The highest BCUT2D eigenvalue weighted by Gasteiger charge is 2.06. The van der Waals surface area contributed by atoms with Gasteiger partial charge in [0.05, 0.1) is 0 Å². The predicted octanol–water partition coefficient (Wildman–Crippen LogP) is -1.01. The lowest BCUT2D eigenvalue weighted by atomic mass is 10.4. The summed E-state index contributed by atoms with van der Waals surface area (Å²) in [6.45, 7) is 3.09. The Kier molecular flexibility index (Phi) is 9.15. The highest BCUT2D eigenvalue weighted by molar-refractivity contribution is 7.80. The first-order valence-electron chi connectivity index (χ1n) is 2.96. The highest BCUT2D eigenvalue weighted by atomic mass is 32.1. The molecule has 70 valence electrons. The van der Waals surface area contributed by atoms with Gasteiger partial charge in [-0.2, -0.15) is 12.6 Å². The number of amides is 1. The van der Waals surface area contributed by atoms with Crippen LogP contribution in [0.15, 0.2) is 12.7 Å². The Balaban J connectivity index is 0. The quantitative estimate of drug-likeness (QED) is 0.339. The van der Waals surface area contributed by atoms with E-state index < -0.39 is 17.9 Å². The second-order valence-corrected chi connectivity index (χ2v) is 2.10. The minimum atomic E-state index is -1.00. The summed E-state index contributed by atoms with van der Waals surface area (Å²) in [5.41, 5.74) is 9.47. The molecule has 12 heavy (non-hydrogen) atoms. The van der Waals surface area contributed by atoms with E-state index in [9.17, 15) is 9.59 Å². The zero-order chi connectivity index (χ0) is 10.1. The first-order valence-corrected chi connectivity index (χ1v) is 3.60. The smallest absolute Gasteiger partial charge is 0.321 e. The number of hydrogen-bond acceptors (Lipinski definition) is 4. The third-order valence-corrected chi connectivity index (χ3v) is 1.11. The van der Waals surface area contributed by atoms with Crippen molar-refractivity contribution in [2.75, 3.05) is 5.75 Å². The third kappa shape index (κ3) is 11.7. The number of carbonyl (C=O) groups excluding carboxylic acids is 1. The van der Waals surface area contributed by atoms with Gasteiger partial charge in [-0.05, 0) is 6.08 Å². The molecule has 0 aliphatic carbocycles. The van der Waals surface area contributed by atoms with Gasteiger partial charge in [-0.3, -0.25) is 9.59 Å². The summed E-state index contributed by atoms with van der Waals surface area (Å²) < 4.78 is 0. The molecule has 0 fully saturated rings. The van der Waals surface area contributed by atoms with E-state index in [2.05, 4.69) is 24.9 Å². The normalized spacial score (nSPS) is 10.5. The Morgan fingerprint density at radius 3 is 2.00 bits per heavy atom. The van der Waals surface area contributed by atoms with E-state index in [0.29, 0.717) is 0 Å². The Morgan fingerprint density at radius 2 is 2.00 bits per heavy atom. The molecular formula is C6H12N2O3S. The molecule has 0 aromatic heterocycles. The number of thiol groups is 1. The molecule has 1 unspecified atom stereocenters. The summed E-state index contributed by atoms with van der Waals surface area (Å²) in [6.07, 6.45) is 1.06. The predicted molar refractivity (Wildman–Crippen MR) is 48.9 cm³/mol. The van der Waals surface area contributed by atoms with E-state index in [1.54, 1.807) is 0 Å². The van der Waals surface area contributed by atoms with Crippen molar-refractivity contribution >= 4 is 24.5 Å². The van der Waals surface area contributed by atoms with Crippen LogP contribution in [-0.2, 0) is 9.59 Å². The number of carboxylic acid groups (broad SMARTS) is 1. The fourth-order valence-electron chi connectivity index (χ4n) is 0.0781. The van der Waals surface area contributed by atoms with Crippen LogP contribution in [0.5, 0.6) is 0 Å². The molecule has 6 heteroatoms. The van der Waals surface area contributed by atoms with Crippen LogP contribution in [0.25, 0.3) is 0 Å². The first-order chi connectivity index (χ1) is 5.45. The van der Waals surface area contributed by atoms with Gasteiger partial charge in [0.1, 0.15) is 6.04 Å². The summed E-state index contributed by atoms with van der Waals surface area (Å²) in [6, 6.07) is -0.816.